The molecule has 0 saturated carbocycles. The van der Waals surface area contributed by atoms with Crippen molar-refractivity contribution in [2.24, 2.45) is 0 Å². The highest BCUT2D eigenvalue weighted by Crippen LogP contribution is 2.31. The summed E-state index contributed by atoms with van der Waals surface area (Å²) >= 11 is 0. The van der Waals surface area contributed by atoms with Crippen molar-refractivity contribution in [3.05, 3.63) is 71.7 Å². The van der Waals surface area contributed by atoms with E-state index < -0.39 is 6.16 Å². The molecule has 2 aromatic heterocycles. The molecule has 0 fully saturated rings. The Hall–Kier alpha value is -4.40. The first-order chi connectivity index (χ1) is 18.8. The molecule has 2 aromatic carbocycles. The van der Waals surface area contributed by atoms with Crippen molar-refractivity contribution < 1.29 is 19.4 Å². The van der Waals surface area contributed by atoms with E-state index in [1.165, 1.54) is 0 Å². The predicted octanol–water partition coefficient (Wildman–Crippen LogP) is 6.73. The zero-order valence-corrected chi connectivity index (χ0v) is 22.9. The lowest BCUT2D eigenvalue weighted by Crippen LogP contribution is -2.34. The molecule has 0 spiro atoms. The van der Waals surface area contributed by atoms with Crippen molar-refractivity contribution in [1.29, 1.82) is 0 Å². The first kappa shape index (κ1) is 27.6. The van der Waals surface area contributed by atoms with Gasteiger partial charge in [0, 0.05) is 25.1 Å². The van der Waals surface area contributed by atoms with Crippen molar-refractivity contribution in [1.82, 2.24) is 19.4 Å². The predicted molar refractivity (Wildman–Crippen MR) is 152 cm³/mol. The third-order valence-corrected chi connectivity index (χ3v) is 6.73. The minimum Gasteiger partial charge on any atom is -0.449 e. The number of unbranched alkanes of at least 4 members (excludes halogenated alkanes) is 1. The summed E-state index contributed by atoms with van der Waals surface area (Å²) in [7, 11) is 0. The van der Waals surface area contributed by atoms with E-state index >= 15 is 0 Å². The monoisotopic (exact) mass is 529 g/mol. The number of para-hydroxylation sites is 1. The second-order valence-corrected chi connectivity index (χ2v) is 9.35. The van der Waals surface area contributed by atoms with Gasteiger partial charge in [0.2, 0.25) is 0 Å². The molecule has 0 atom stereocenters. The Labute approximate surface area is 228 Å². The summed E-state index contributed by atoms with van der Waals surface area (Å²) in [5, 5.41) is 12.1. The van der Waals surface area contributed by atoms with E-state index in [1.807, 2.05) is 63.2 Å². The van der Waals surface area contributed by atoms with Crippen LogP contribution in [-0.2, 0) is 13.0 Å². The first-order valence-electron chi connectivity index (χ1n) is 13.4. The summed E-state index contributed by atoms with van der Waals surface area (Å²) in [6.07, 6.45) is 1.54. The molecule has 0 bridgehead atoms. The minimum atomic E-state index is -1.34. The Morgan fingerprint density at radius 2 is 1.74 bits per heavy atom. The Morgan fingerprint density at radius 1 is 1.03 bits per heavy atom. The fraction of sp³-hybridized carbons (Fsp3) is 0.333. The molecule has 9 nitrogen and oxygen atoms in total. The number of aryl methyl sites for hydroxylation is 2. The number of nitrogens with one attached hydrogen (secondary N) is 1. The number of fused-ring (bicyclic) bond motifs is 1. The van der Waals surface area contributed by atoms with Crippen molar-refractivity contribution in [3.63, 3.8) is 0 Å². The maximum absolute atomic E-state index is 12.6. The highest BCUT2D eigenvalue weighted by Gasteiger charge is 2.17. The molecule has 0 aliphatic carbocycles. The molecule has 0 aliphatic rings. The van der Waals surface area contributed by atoms with Crippen LogP contribution < -0.4 is 10.1 Å². The van der Waals surface area contributed by atoms with E-state index in [1.54, 1.807) is 17.0 Å². The van der Waals surface area contributed by atoms with Crippen molar-refractivity contribution in [3.8, 4) is 16.9 Å². The molecule has 39 heavy (non-hydrogen) atoms. The number of carbonyl (C=O) groups excluding carboxylic acids is 1. The molecule has 204 valence electrons. The molecular formula is C30H35N5O4. The van der Waals surface area contributed by atoms with Crippen LogP contribution in [0.2, 0.25) is 0 Å². The zero-order chi connectivity index (χ0) is 27.9. The molecule has 0 unspecified atom stereocenters. The number of pyridine rings is 1. The van der Waals surface area contributed by atoms with Crippen LogP contribution in [0.3, 0.4) is 0 Å². The Balaban J connectivity index is 1.65. The highest BCUT2D eigenvalue weighted by atomic mass is 16.7. The van der Waals surface area contributed by atoms with Crippen LogP contribution in [0.1, 0.15) is 50.7 Å². The number of anilines is 1. The fourth-order valence-electron chi connectivity index (χ4n) is 4.57. The molecule has 4 rings (SSSR count). The molecule has 0 saturated heterocycles. The average Bonchev–Trinajstić information content (AvgIpc) is 3.24. The molecule has 9 heteroatoms. The molecule has 2 amide bonds. The number of carboxylic acid groups (broad SMARTS) is 1. The maximum Gasteiger partial charge on any atom is 0.511 e. The number of carbonyl (C=O) groups is 2. The summed E-state index contributed by atoms with van der Waals surface area (Å²) in [5.41, 5.74) is 5.56. The number of rotatable bonds is 10. The lowest BCUT2D eigenvalue weighted by Gasteiger charge is -2.19. The molecule has 2 N–H and O–H groups in total. The molecule has 0 aliphatic heterocycles. The molecule has 2 heterocycles. The lowest BCUT2D eigenvalue weighted by molar-refractivity contribution is 0.144. The Morgan fingerprint density at radius 3 is 2.41 bits per heavy atom. The number of benzene rings is 2. The van der Waals surface area contributed by atoms with Crippen molar-refractivity contribution in [2.75, 3.05) is 18.4 Å². The molecular weight excluding hydrogens is 494 g/mol. The van der Waals surface area contributed by atoms with Gasteiger partial charge in [-0.25, -0.2) is 19.6 Å². The van der Waals surface area contributed by atoms with E-state index in [0.29, 0.717) is 36.6 Å². The molecule has 4 aromatic rings. The number of aromatic nitrogens is 3. The summed E-state index contributed by atoms with van der Waals surface area (Å²) in [6, 6.07) is 16.8. The van der Waals surface area contributed by atoms with Gasteiger partial charge >= 0.3 is 12.2 Å². The SMILES string of the molecule is CCCCc1nc2cc(NC(=O)N(CC)CC)c(C)nc2n1Cc1ccc(-c2ccccc2OC(=O)O)cc1. The van der Waals surface area contributed by atoms with Gasteiger partial charge in [0.1, 0.15) is 17.1 Å². The van der Waals surface area contributed by atoms with Gasteiger partial charge < -0.3 is 24.6 Å². The second-order valence-electron chi connectivity index (χ2n) is 9.35. The van der Waals surface area contributed by atoms with Crippen LogP contribution in [-0.4, -0.2) is 49.8 Å². The number of nitrogens with zero attached hydrogens (tertiary/aromatic N) is 4. The van der Waals surface area contributed by atoms with Crippen LogP contribution in [0, 0.1) is 6.92 Å². The van der Waals surface area contributed by atoms with Crippen LogP contribution >= 0.6 is 0 Å². The maximum atomic E-state index is 12.6. The normalized spacial score (nSPS) is 11.0. The number of urea groups is 1. The van der Waals surface area contributed by atoms with E-state index in [2.05, 4.69) is 16.8 Å². The van der Waals surface area contributed by atoms with Crippen molar-refractivity contribution in [2.45, 2.75) is 53.5 Å². The van der Waals surface area contributed by atoms with Crippen LogP contribution in [0.25, 0.3) is 22.3 Å². The lowest BCUT2D eigenvalue weighted by atomic mass is 10.0. The third-order valence-electron chi connectivity index (χ3n) is 6.73. The minimum absolute atomic E-state index is 0.148. The van der Waals surface area contributed by atoms with Gasteiger partial charge in [-0.2, -0.15) is 0 Å². The van der Waals surface area contributed by atoms with Gasteiger partial charge in [0.25, 0.3) is 0 Å². The van der Waals surface area contributed by atoms with Gasteiger partial charge in [0.15, 0.2) is 5.65 Å². The first-order valence-corrected chi connectivity index (χ1v) is 13.4. The fourth-order valence-corrected chi connectivity index (χ4v) is 4.57. The third kappa shape index (κ3) is 6.37. The Bertz CT molecular complexity index is 1460. The zero-order valence-electron chi connectivity index (χ0n) is 22.9. The van der Waals surface area contributed by atoms with Gasteiger partial charge in [0.05, 0.1) is 17.9 Å². The number of hydrogen-bond donors (Lipinski definition) is 2. The largest absolute Gasteiger partial charge is 0.511 e. The second kappa shape index (κ2) is 12.4. The van der Waals surface area contributed by atoms with Crippen LogP contribution in [0.15, 0.2) is 54.6 Å². The topological polar surface area (TPSA) is 110 Å². The molecule has 0 radical (unpaired) electrons. The standard InChI is InChI=1S/C30H35N5O4/c1-5-8-13-27-32-25-18-24(33-29(36)34(6-2)7-3)20(4)31-28(25)35(27)19-21-14-16-22(17-15-21)23-11-9-10-12-26(23)39-30(37)38/h9-12,14-18H,5-8,13,19H2,1-4H3,(H,33,36)(H,37,38). The number of amides is 2. The number of hydrogen-bond acceptors (Lipinski definition) is 5. The van der Waals surface area contributed by atoms with Gasteiger partial charge in [-0.15, -0.1) is 0 Å². The van der Waals surface area contributed by atoms with Gasteiger partial charge in [-0.3, -0.25) is 0 Å². The smallest absolute Gasteiger partial charge is 0.449 e. The van der Waals surface area contributed by atoms with Gasteiger partial charge in [-0.05, 0) is 50.5 Å². The average molecular weight is 530 g/mol. The van der Waals surface area contributed by atoms with Crippen LogP contribution in [0.4, 0.5) is 15.3 Å². The van der Waals surface area contributed by atoms with Crippen LogP contribution in [0.5, 0.6) is 5.75 Å². The van der Waals surface area contributed by atoms with Crippen molar-refractivity contribution >= 4 is 29.0 Å². The van der Waals surface area contributed by atoms with E-state index in [-0.39, 0.29) is 6.03 Å². The quantitative estimate of drug-likeness (QED) is 0.174. The number of ether oxygens (including phenoxy) is 1. The summed E-state index contributed by atoms with van der Waals surface area (Å²) in [5.74, 6) is 1.25. The summed E-state index contributed by atoms with van der Waals surface area (Å²) < 4.78 is 7.10. The summed E-state index contributed by atoms with van der Waals surface area (Å²) in [6.45, 7) is 9.79. The van der Waals surface area contributed by atoms with E-state index in [4.69, 9.17) is 19.8 Å². The van der Waals surface area contributed by atoms with E-state index in [9.17, 15) is 9.59 Å². The van der Waals surface area contributed by atoms with E-state index in [0.717, 1.165) is 53.1 Å². The highest BCUT2D eigenvalue weighted by molar-refractivity contribution is 5.92. The van der Waals surface area contributed by atoms with Gasteiger partial charge in [-0.1, -0.05) is 55.8 Å². The summed E-state index contributed by atoms with van der Waals surface area (Å²) in [4.78, 5) is 35.2. The Kier molecular flexibility index (Phi) is 8.81. The number of imidazole rings is 1.